The van der Waals surface area contributed by atoms with E-state index in [4.69, 9.17) is 0 Å². The molecule has 0 bridgehead atoms. The Bertz CT molecular complexity index is 716. The molecule has 4 nitrogen and oxygen atoms in total. The van der Waals surface area contributed by atoms with E-state index in [1.807, 2.05) is 50.2 Å². The molecule has 2 aromatic carbocycles. The summed E-state index contributed by atoms with van der Waals surface area (Å²) in [6.07, 6.45) is 0.501. The number of hydrogen-bond donors (Lipinski definition) is 1. The van der Waals surface area contributed by atoms with E-state index in [2.05, 4.69) is 0 Å². The lowest BCUT2D eigenvalue weighted by atomic mass is 10.0. The van der Waals surface area contributed by atoms with E-state index in [1.165, 1.54) is 12.1 Å². The third kappa shape index (κ3) is 5.38. The molecule has 5 heteroatoms. The van der Waals surface area contributed by atoms with Gasteiger partial charge in [-0.2, -0.15) is 0 Å². The first kappa shape index (κ1) is 20.1. The normalized spacial score (nSPS) is 12.2. The highest BCUT2D eigenvalue weighted by molar-refractivity contribution is 5.83. The Morgan fingerprint density at radius 1 is 1.15 bits per heavy atom. The van der Waals surface area contributed by atoms with Crippen molar-refractivity contribution in [3.05, 3.63) is 71.0 Å². The van der Waals surface area contributed by atoms with Crippen molar-refractivity contribution in [1.29, 1.82) is 0 Å². The van der Waals surface area contributed by atoms with Crippen LogP contribution in [0.25, 0.3) is 0 Å². The number of amides is 1. The van der Waals surface area contributed by atoms with Gasteiger partial charge in [0.25, 0.3) is 0 Å². The van der Waals surface area contributed by atoms with Crippen molar-refractivity contribution in [2.45, 2.75) is 25.9 Å². The lowest BCUT2D eigenvalue weighted by molar-refractivity contribution is -0.137. The third-order valence-electron chi connectivity index (χ3n) is 4.29. The molecule has 0 aliphatic carbocycles. The molecule has 1 atom stereocenters. The Balaban J connectivity index is 2.28. The van der Waals surface area contributed by atoms with Gasteiger partial charge in [0.1, 0.15) is 11.9 Å². The summed E-state index contributed by atoms with van der Waals surface area (Å²) in [5.41, 5.74) is 2.90. The number of aliphatic hydroxyl groups excluding tert-OH is 1. The fourth-order valence-corrected chi connectivity index (χ4v) is 3.01. The Hall–Kier alpha value is -2.24. The average molecular weight is 358 g/mol. The largest absolute Gasteiger partial charge is 0.396 e. The van der Waals surface area contributed by atoms with Crippen LogP contribution < -0.4 is 0 Å². The van der Waals surface area contributed by atoms with Crippen molar-refractivity contribution in [3.8, 4) is 0 Å². The van der Waals surface area contributed by atoms with Crippen molar-refractivity contribution in [2.24, 2.45) is 0 Å². The highest BCUT2D eigenvalue weighted by Gasteiger charge is 2.27. The number of rotatable bonds is 8. The molecule has 0 saturated heterocycles. The maximum Gasteiger partial charge on any atom is 0.244 e. The fraction of sp³-hybridized carbons (Fsp3) is 0.381. The molecule has 0 radical (unpaired) electrons. The van der Waals surface area contributed by atoms with Crippen LogP contribution in [0.4, 0.5) is 4.39 Å². The molecular formula is C21H27FN2O2. The first-order chi connectivity index (χ1) is 12.4. The molecule has 0 saturated carbocycles. The SMILES string of the molecule is Cc1cccc(C(C(=O)N(CCCO)Cc2ccc(F)cc2)N(C)C)c1. The van der Waals surface area contributed by atoms with Gasteiger partial charge in [0.05, 0.1) is 0 Å². The molecule has 1 amide bonds. The third-order valence-corrected chi connectivity index (χ3v) is 4.29. The second kappa shape index (κ2) is 9.46. The maximum atomic E-state index is 13.3. The lowest BCUT2D eigenvalue weighted by Gasteiger charge is -2.31. The van der Waals surface area contributed by atoms with E-state index in [1.54, 1.807) is 17.0 Å². The molecule has 0 fully saturated rings. The average Bonchev–Trinajstić information content (AvgIpc) is 2.60. The highest BCUT2D eigenvalue weighted by atomic mass is 19.1. The lowest BCUT2D eigenvalue weighted by Crippen LogP contribution is -2.41. The summed E-state index contributed by atoms with van der Waals surface area (Å²) in [4.78, 5) is 16.9. The summed E-state index contributed by atoms with van der Waals surface area (Å²) in [6.45, 7) is 2.85. The smallest absolute Gasteiger partial charge is 0.244 e. The van der Waals surface area contributed by atoms with Crippen LogP contribution >= 0.6 is 0 Å². The number of aryl methyl sites for hydroxylation is 1. The van der Waals surface area contributed by atoms with E-state index in [9.17, 15) is 14.3 Å². The molecule has 0 aliphatic heterocycles. The van der Waals surface area contributed by atoms with Crippen LogP contribution in [0, 0.1) is 12.7 Å². The Morgan fingerprint density at radius 3 is 2.42 bits per heavy atom. The van der Waals surface area contributed by atoms with E-state index < -0.39 is 6.04 Å². The van der Waals surface area contributed by atoms with Gasteiger partial charge >= 0.3 is 0 Å². The highest BCUT2D eigenvalue weighted by Crippen LogP contribution is 2.23. The summed E-state index contributed by atoms with van der Waals surface area (Å²) in [5, 5.41) is 9.20. The molecule has 2 rings (SSSR count). The van der Waals surface area contributed by atoms with Crippen molar-refractivity contribution in [2.75, 3.05) is 27.2 Å². The van der Waals surface area contributed by atoms with Gasteiger partial charge in [-0.05, 0) is 50.7 Å². The first-order valence-electron chi connectivity index (χ1n) is 8.79. The maximum absolute atomic E-state index is 13.3. The van der Waals surface area contributed by atoms with Crippen LogP contribution in [-0.4, -0.2) is 48.1 Å². The summed E-state index contributed by atoms with van der Waals surface area (Å²) in [5.74, 6) is -0.328. The summed E-state index contributed by atoms with van der Waals surface area (Å²) < 4.78 is 13.2. The molecule has 0 spiro atoms. The van der Waals surface area contributed by atoms with E-state index >= 15 is 0 Å². The summed E-state index contributed by atoms with van der Waals surface area (Å²) >= 11 is 0. The minimum Gasteiger partial charge on any atom is -0.396 e. The van der Waals surface area contributed by atoms with E-state index in [0.717, 1.165) is 16.7 Å². The minimum absolute atomic E-state index is 0.0181. The number of aliphatic hydroxyl groups is 1. The van der Waals surface area contributed by atoms with Gasteiger partial charge in [-0.1, -0.05) is 42.0 Å². The van der Waals surface area contributed by atoms with Crippen molar-refractivity contribution < 1.29 is 14.3 Å². The topological polar surface area (TPSA) is 43.8 Å². The van der Waals surface area contributed by atoms with Gasteiger partial charge in [0.2, 0.25) is 5.91 Å². The number of halogens is 1. The van der Waals surface area contributed by atoms with Crippen LogP contribution in [0.5, 0.6) is 0 Å². The first-order valence-corrected chi connectivity index (χ1v) is 8.79. The summed E-state index contributed by atoms with van der Waals surface area (Å²) in [7, 11) is 3.76. The monoisotopic (exact) mass is 358 g/mol. The van der Waals surface area contributed by atoms with Crippen LogP contribution in [0.15, 0.2) is 48.5 Å². The van der Waals surface area contributed by atoms with Crippen molar-refractivity contribution in [1.82, 2.24) is 9.80 Å². The number of likely N-dealkylation sites (N-methyl/N-ethyl adjacent to an activating group) is 1. The Kier molecular flexibility index (Phi) is 7.30. The van der Waals surface area contributed by atoms with E-state index in [-0.39, 0.29) is 18.3 Å². The van der Waals surface area contributed by atoms with Gasteiger partial charge in [-0.3, -0.25) is 9.69 Å². The predicted octanol–water partition coefficient (Wildman–Crippen LogP) is 3.15. The van der Waals surface area contributed by atoms with Gasteiger partial charge in [-0.25, -0.2) is 4.39 Å². The molecular weight excluding hydrogens is 331 g/mol. The zero-order valence-electron chi connectivity index (χ0n) is 15.7. The number of nitrogens with zero attached hydrogens (tertiary/aromatic N) is 2. The molecule has 0 aromatic heterocycles. The standard InChI is InChI=1S/C21H27FN2O2/c1-16-6-4-7-18(14-16)20(23(2)3)21(26)24(12-5-13-25)15-17-8-10-19(22)11-9-17/h4,6-11,14,20,25H,5,12-13,15H2,1-3H3. The Morgan fingerprint density at radius 2 is 1.85 bits per heavy atom. The second-order valence-corrected chi connectivity index (χ2v) is 6.74. The number of carbonyl (C=O) groups excluding carboxylic acids is 1. The molecule has 140 valence electrons. The summed E-state index contributed by atoms with van der Waals surface area (Å²) in [6, 6.07) is 13.7. The fourth-order valence-electron chi connectivity index (χ4n) is 3.01. The molecule has 1 unspecified atom stereocenters. The van der Waals surface area contributed by atoms with Crippen LogP contribution in [0.1, 0.15) is 29.2 Å². The van der Waals surface area contributed by atoms with Gasteiger partial charge in [0, 0.05) is 19.7 Å². The van der Waals surface area contributed by atoms with Gasteiger partial charge in [0.15, 0.2) is 0 Å². The number of hydrogen-bond acceptors (Lipinski definition) is 3. The van der Waals surface area contributed by atoms with Gasteiger partial charge in [-0.15, -0.1) is 0 Å². The molecule has 0 heterocycles. The number of benzene rings is 2. The van der Waals surface area contributed by atoms with E-state index in [0.29, 0.717) is 19.5 Å². The molecule has 26 heavy (non-hydrogen) atoms. The number of carbonyl (C=O) groups is 1. The molecule has 0 aliphatic rings. The zero-order chi connectivity index (χ0) is 19.1. The molecule has 1 N–H and O–H groups in total. The molecule has 2 aromatic rings. The predicted molar refractivity (Wildman–Crippen MR) is 101 cm³/mol. The van der Waals surface area contributed by atoms with Gasteiger partial charge < -0.3 is 10.0 Å². The second-order valence-electron chi connectivity index (χ2n) is 6.74. The quantitative estimate of drug-likeness (QED) is 0.788. The van der Waals surface area contributed by atoms with Crippen LogP contribution in [0.2, 0.25) is 0 Å². The Labute approximate surface area is 154 Å². The van der Waals surface area contributed by atoms with Crippen LogP contribution in [-0.2, 0) is 11.3 Å². The zero-order valence-corrected chi connectivity index (χ0v) is 15.7. The minimum atomic E-state index is -0.408. The van der Waals surface area contributed by atoms with Crippen LogP contribution in [0.3, 0.4) is 0 Å². The van der Waals surface area contributed by atoms with Crippen molar-refractivity contribution >= 4 is 5.91 Å². The van der Waals surface area contributed by atoms with Crippen molar-refractivity contribution in [3.63, 3.8) is 0 Å².